The Kier molecular flexibility index (Phi) is 6.94. The van der Waals surface area contributed by atoms with Gasteiger partial charge in [-0.3, -0.25) is 24.3 Å². The van der Waals surface area contributed by atoms with E-state index in [1.54, 1.807) is 16.7 Å². The topological polar surface area (TPSA) is 184 Å². The van der Waals surface area contributed by atoms with Gasteiger partial charge in [0.1, 0.15) is 6.33 Å². The monoisotopic (exact) mass is 498 g/mol. The van der Waals surface area contributed by atoms with Crippen LogP contribution in [0.2, 0.25) is 0 Å². The van der Waals surface area contributed by atoms with E-state index in [4.69, 9.17) is 24.7 Å². The van der Waals surface area contributed by atoms with Crippen molar-refractivity contribution < 1.29 is 33.5 Å². The molecule has 0 saturated carbocycles. The first-order chi connectivity index (χ1) is 17.2. The minimum absolute atomic E-state index is 0.00647. The Morgan fingerprint density at radius 3 is 2.64 bits per heavy atom. The summed E-state index contributed by atoms with van der Waals surface area (Å²) >= 11 is 0. The molecule has 36 heavy (non-hydrogen) atoms. The molecule has 14 heteroatoms. The van der Waals surface area contributed by atoms with Crippen LogP contribution < -0.4 is 10.5 Å². The molecular formula is C22H22N6O8. The fraction of sp³-hybridized carbons (Fsp3) is 0.318. The van der Waals surface area contributed by atoms with Gasteiger partial charge in [-0.1, -0.05) is 12.1 Å². The molecule has 0 radical (unpaired) electrons. The Hall–Kier alpha value is -4.75. The molecule has 2 N–H and O–H groups in total. The largest absolute Gasteiger partial charge is 0.476 e. The predicted molar refractivity (Wildman–Crippen MR) is 122 cm³/mol. The number of rotatable bonds is 9. The first-order valence-corrected chi connectivity index (χ1v) is 10.8. The fourth-order valence-electron chi connectivity index (χ4n) is 3.52. The molecule has 0 spiro atoms. The summed E-state index contributed by atoms with van der Waals surface area (Å²) in [6.07, 6.45) is 1.39. The van der Waals surface area contributed by atoms with E-state index in [1.165, 1.54) is 32.3 Å². The molecule has 1 aliphatic heterocycles. The van der Waals surface area contributed by atoms with Gasteiger partial charge in [0.2, 0.25) is 11.8 Å². The highest BCUT2D eigenvalue weighted by atomic mass is 16.6. The Bertz CT molecular complexity index is 1350. The summed E-state index contributed by atoms with van der Waals surface area (Å²) in [7, 11) is 0. The summed E-state index contributed by atoms with van der Waals surface area (Å²) in [5, 5.41) is 10.8. The number of anilines is 1. The number of carbonyl (C=O) groups is 2. The molecule has 0 bridgehead atoms. The van der Waals surface area contributed by atoms with Crippen LogP contribution in [0.5, 0.6) is 5.88 Å². The van der Waals surface area contributed by atoms with Gasteiger partial charge in [0.05, 0.1) is 18.0 Å². The second kappa shape index (κ2) is 10.2. The van der Waals surface area contributed by atoms with Gasteiger partial charge in [0.15, 0.2) is 35.5 Å². The van der Waals surface area contributed by atoms with Crippen LogP contribution in [0.25, 0.3) is 11.2 Å². The van der Waals surface area contributed by atoms with Crippen LogP contribution in [0.3, 0.4) is 0 Å². The summed E-state index contributed by atoms with van der Waals surface area (Å²) in [5.74, 6) is -0.516. The van der Waals surface area contributed by atoms with Crippen LogP contribution in [0.15, 0.2) is 42.1 Å². The van der Waals surface area contributed by atoms with Crippen molar-refractivity contribution in [2.75, 3.05) is 18.9 Å². The van der Waals surface area contributed by atoms with E-state index in [2.05, 4.69) is 15.0 Å². The maximum atomic E-state index is 11.5. The second-order valence-corrected chi connectivity index (χ2v) is 7.73. The normalized spacial score (nSPS) is 15.0. The van der Waals surface area contributed by atoms with E-state index >= 15 is 0 Å². The zero-order valence-corrected chi connectivity index (χ0v) is 19.4. The number of hydrogen-bond acceptors (Lipinski definition) is 12. The molecule has 0 unspecified atom stereocenters. The van der Waals surface area contributed by atoms with Crippen LogP contribution in [0.4, 0.5) is 11.6 Å². The highest BCUT2D eigenvalue weighted by Crippen LogP contribution is 2.36. The van der Waals surface area contributed by atoms with Crippen molar-refractivity contribution in [3.05, 3.63) is 57.8 Å². The number of benzene rings is 1. The molecule has 1 aliphatic rings. The van der Waals surface area contributed by atoms with E-state index in [1.807, 2.05) is 0 Å². The third kappa shape index (κ3) is 5.48. The van der Waals surface area contributed by atoms with Crippen molar-refractivity contribution in [3.63, 3.8) is 0 Å². The molecule has 14 nitrogen and oxygen atoms in total. The quantitative estimate of drug-likeness (QED) is 0.258. The molecule has 3 heterocycles. The zero-order valence-electron chi connectivity index (χ0n) is 19.4. The van der Waals surface area contributed by atoms with E-state index in [0.29, 0.717) is 17.6 Å². The number of fused-ring (bicyclic) bond motifs is 1. The van der Waals surface area contributed by atoms with E-state index in [9.17, 15) is 19.7 Å². The SMILES string of the molecule is CC(=O)OCC1=C(OC(C)=O)C[C@H](n2cnc3c(OCCc4ccc([N+](=O)[O-])cc4)nc(N)nc32)O1. The summed E-state index contributed by atoms with van der Waals surface area (Å²) in [5.41, 5.74) is 7.40. The van der Waals surface area contributed by atoms with Crippen molar-refractivity contribution in [1.29, 1.82) is 0 Å². The van der Waals surface area contributed by atoms with Crippen molar-refractivity contribution in [1.82, 2.24) is 19.5 Å². The van der Waals surface area contributed by atoms with E-state index in [-0.39, 0.29) is 48.7 Å². The van der Waals surface area contributed by atoms with E-state index < -0.39 is 23.1 Å². The molecule has 2 aromatic heterocycles. The number of nitro benzene ring substituents is 1. The van der Waals surface area contributed by atoms with Crippen LogP contribution >= 0.6 is 0 Å². The Morgan fingerprint density at radius 2 is 1.97 bits per heavy atom. The minimum atomic E-state index is -0.697. The van der Waals surface area contributed by atoms with E-state index in [0.717, 1.165) is 5.56 Å². The highest BCUT2D eigenvalue weighted by molar-refractivity contribution is 5.77. The average molecular weight is 498 g/mol. The molecule has 3 aromatic rings. The van der Waals surface area contributed by atoms with Gasteiger partial charge >= 0.3 is 11.9 Å². The zero-order chi connectivity index (χ0) is 25.8. The van der Waals surface area contributed by atoms with Crippen molar-refractivity contribution in [2.24, 2.45) is 0 Å². The number of carbonyl (C=O) groups excluding carboxylic acids is 2. The molecular weight excluding hydrogens is 476 g/mol. The smallest absolute Gasteiger partial charge is 0.307 e. The van der Waals surface area contributed by atoms with Crippen LogP contribution in [-0.4, -0.2) is 49.6 Å². The first-order valence-electron chi connectivity index (χ1n) is 10.8. The molecule has 0 fully saturated rings. The van der Waals surface area contributed by atoms with Gasteiger partial charge in [-0.25, -0.2) is 4.98 Å². The number of ether oxygens (including phenoxy) is 4. The Balaban J connectivity index is 1.50. The van der Waals surface area contributed by atoms with Gasteiger partial charge in [0, 0.05) is 32.4 Å². The molecule has 0 amide bonds. The Morgan fingerprint density at radius 1 is 1.22 bits per heavy atom. The lowest BCUT2D eigenvalue weighted by Crippen LogP contribution is -2.11. The number of nitrogen functional groups attached to an aromatic ring is 1. The first kappa shape index (κ1) is 24.4. The number of nitrogens with zero attached hydrogens (tertiary/aromatic N) is 5. The maximum Gasteiger partial charge on any atom is 0.307 e. The number of nitro groups is 1. The maximum absolute atomic E-state index is 11.5. The van der Waals surface area contributed by atoms with Crippen molar-refractivity contribution in [3.8, 4) is 5.88 Å². The Labute approximate surface area is 203 Å². The lowest BCUT2D eigenvalue weighted by Gasteiger charge is -2.14. The van der Waals surface area contributed by atoms with Gasteiger partial charge < -0.3 is 24.7 Å². The molecule has 188 valence electrons. The number of esters is 2. The molecule has 0 saturated heterocycles. The molecule has 1 aromatic carbocycles. The lowest BCUT2D eigenvalue weighted by atomic mass is 10.1. The highest BCUT2D eigenvalue weighted by Gasteiger charge is 2.32. The molecule has 1 atom stereocenters. The standard InChI is InChI=1S/C22H22N6O8/c1-12(29)34-10-17-16(35-13(2)30)9-18(36-17)27-11-24-19-20(27)25-22(23)26-21(19)33-8-7-14-3-5-15(6-4-14)28(31)32/h3-6,11,18H,7-10H2,1-2H3,(H2,23,25,26)/t18-/m1/s1. The summed E-state index contributed by atoms with van der Waals surface area (Å²) < 4.78 is 23.5. The van der Waals surface area contributed by atoms with Crippen LogP contribution in [0, 0.1) is 10.1 Å². The number of hydrogen-bond donors (Lipinski definition) is 1. The summed E-state index contributed by atoms with van der Waals surface area (Å²) in [6, 6.07) is 6.15. The van der Waals surface area contributed by atoms with Gasteiger partial charge in [-0.05, 0) is 5.56 Å². The second-order valence-electron chi connectivity index (χ2n) is 7.73. The minimum Gasteiger partial charge on any atom is -0.476 e. The lowest BCUT2D eigenvalue weighted by molar-refractivity contribution is -0.384. The van der Waals surface area contributed by atoms with Gasteiger partial charge in [-0.15, -0.1) is 0 Å². The number of aromatic nitrogens is 4. The number of nitrogens with two attached hydrogens (primary N) is 1. The van der Waals surface area contributed by atoms with Crippen molar-refractivity contribution >= 4 is 34.7 Å². The van der Waals surface area contributed by atoms with Gasteiger partial charge in [0.25, 0.3) is 5.69 Å². The number of non-ortho nitro benzene ring substituents is 1. The van der Waals surface area contributed by atoms with Gasteiger partial charge in [-0.2, -0.15) is 9.97 Å². The third-order valence-electron chi connectivity index (χ3n) is 5.12. The summed E-state index contributed by atoms with van der Waals surface area (Å²) in [6.45, 7) is 2.52. The fourth-order valence-corrected chi connectivity index (χ4v) is 3.52. The predicted octanol–water partition coefficient (Wildman–Crippen LogP) is 2.19. The summed E-state index contributed by atoms with van der Waals surface area (Å²) in [4.78, 5) is 45.8. The number of imidazole rings is 1. The molecule has 0 aliphatic carbocycles. The van der Waals surface area contributed by atoms with Crippen molar-refractivity contribution in [2.45, 2.75) is 32.9 Å². The van der Waals surface area contributed by atoms with Crippen LogP contribution in [-0.2, 0) is 30.2 Å². The molecule has 4 rings (SSSR count). The average Bonchev–Trinajstić information content (AvgIpc) is 3.41. The van der Waals surface area contributed by atoms with Crippen LogP contribution in [0.1, 0.15) is 32.1 Å². The third-order valence-corrected chi connectivity index (χ3v) is 5.12.